The number of carbonyl (C=O) groups excluding carboxylic acids is 4. The van der Waals surface area contributed by atoms with E-state index in [-0.39, 0.29) is 11.8 Å². The third-order valence-electron chi connectivity index (χ3n) is 5.64. The van der Waals surface area contributed by atoms with Crippen LogP contribution in [0.25, 0.3) is 0 Å². The van der Waals surface area contributed by atoms with Crippen molar-refractivity contribution in [1.29, 1.82) is 0 Å². The van der Waals surface area contributed by atoms with Crippen molar-refractivity contribution in [1.82, 2.24) is 15.1 Å². The molecule has 1 saturated heterocycles. The highest BCUT2D eigenvalue weighted by Crippen LogP contribution is 2.35. The Hall–Kier alpha value is -2.90. The average Bonchev–Trinajstić information content (AvgIpc) is 3.28. The van der Waals surface area contributed by atoms with Gasteiger partial charge in [-0.1, -0.05) is 43.2 Å². The number of esters is 1. The van der Waals surface area contributed by atoms with E-state index in [4.69, 9.17) is 4.74 Å². The van der Waals surface area contributed by atoms with Gasteiger partial charge in [0.05, 0.1) is 0 Å². The fourth-order valence-electron chi connectivity index (χ4n) is 4.03. The molecule has 0 aromatic heterocycles. The van der Waals surface area contributed by atoms with Crippen LogP contribution in [0.4, 0.5) is 4.79 Å². The number of amides is 4. The molecular formula is C21H27N3O5. The number of imide groups is 1. The second kappa shape index (κ2) is 8.63. The Labute approximate surface area is 170 Å². The van der Waals surface area contributed by atoms with E-state index in [1.54, 1.807) is 35.2 Å². The fourth-order valence-corrected chi connectivity index (χ4v) is 4.03. The Kier molecular flexibility index (Phi) is 6.20. The molecule has 1 aliphatic carbocycles. The largest absolute Gasteiger partial charge is 0.446 e. The summed E-state index contributed by atoms with van der Waals surface area (Å²) < 4.78 is 5.49. The molecule has 1 aromatic carbocycles. The first-order valence-corrected chi connectivity index (χ1v) is 10.1. The van der Waals surface area contributed by atoms with Gasteiger partial charge in [-0.25, -0.2) is 4.79 Å². The van der Waals surface area contributed by atoms with E-state index in [2.05, 4.69) is 5.32 Å². The lowest BCUT2D eigenvalue weighted by molar-refractivity contribution is -0.162. The number of carbonyl (C=O) groups is 4. The van der Waals surface area contributed by atoms with Gasteiger partial charge in [0.1, 0.15) is 12.1 Å². The van der Waals surface area contributed by atoms with Gasteiger partial charge in [0.15, 0.2) is 0 Å². The van der Waals surface area contributed by atoms with Crippen LogP contribution in [-0.4, -0.2) is 58.8 Å². The number of nitrogens with zero attached hydrogens (tertiary/aromatic N) is 2. The van der Waals surface area contributed by atoms with Crippen LogP contribution in [0.15, 0.2) is 30.3 Å². The minimum Gasteiger partial charge on any atom is -0.446 e. The number of rotatable bonds is 7. The van der Waals surface area contributed by atoms with Crippen molar-refractivity contribution in [2.75, 3.05) is 19.6 Å². The van der Waals surface area contributed by atoms with E-state index in [0.717, 1.165) is 17.7 Å². The first kappa shape index (κ1) is 20.8. The maximum absolute atomic E-state index is 12.9. The molecule has 29 heavy (non-hydrogen) atoms. The predicted molar refractivity (Wildman–Crippen MR) is 105 cm³/mol. The Morgan fingerprint density at radius 3 is 2.34 bits per heavy atom. The van der Waals surface area contributed by atoms with Crippen LogP contribution >= 0.6 is 0 Å². The van der Waals surface area contributed by atoms with Crippen LogP contribution in [0.3, 0.4) is 0 Å². The zero-order valence-corrected chi connectivity index (χ0v) is 16.8. The molecule has 8 nitrogen and oxygen atoms in total. The van der Waals surface area contributed by atoms with Gasteiger partial charge in [0.25, 0.3) is 11.8 Å². The maximum atomic E-state index is 12.9. The van der Waals surface area contributed by atoms with Crippen molar-refractivity contribution in [2.45, 2.75) is 51.2 Å². The van der Waals surface area contributed by atoms with Gasteiger partial charge in [-0.2, -0.15) is 0 Å². The summed E-state index contributed by atoms with van der Waals surface area (Å²) in [5, 5.41) is 2.73. The van der Waals surface area contributed by atoms with Crippen molar-refractivity contribution in [3.63, 3.8) is 0 Å². The van der Waals surface area contributed by atoms with Crippen LogP contribution in [0.2, 0.25) is 0 Å². The maximum Gasteiger partial charge on any atom is 0.327 e. The van der Waals surface area contributed by atoms with Gasteiger partial charge < -0.3 is 15.0 Å². The highest BCUT2D eigenvalue weighted by molar-refractivity contribution is 6.08. The number of ether oxygens (including phenoxy) is 1. The van der Waals surface area contributed by atoms with Gasteiger partial charge in [0.2, 0.25) is 6.10 Å². The zero-order chi connectivity index (χ0) is 21.0. The molecular weight excluding hydrogens is 374 g/mol. The van der Waals surface area contributed by atoms with Gasteiger partial charge in [0, 0.05) is 18.7 Å². The van der Waals surface area contributed by atoms with E-state index in [9.17, 15) is 19.2 Å². The SMILES string of the molecule is CCN(CC)C(=O)[C@@H](OC(=O)CN1C(=O)NC2(CCCC2)C1=O)c1ccccc1. The van der Waals surface area contributed by atoms with Crippen molar-refractivity contribution in [3.8, 4) is 0 Å². The summed E-state index contributed by atoms with van der Waals surface area (Å²) in [6, 6.07) is 8.15. The molecule has 0 radical (unpaired) electrons. The quantitative estimate of drug-likeness (QED) is 0.557. The summed E-state index contributed by atoms with van der Waals surface area (Å²) in [7, 11) is 0. The van der Waals surface area contributed by atoms with Crippen molar-refractivity contribution >= 4 is 23.8 Å². The lowest BCUT2D eigenvalue weighted by Crippen LogP contribution is -2.44. The zero-order valence-electron chi connectivity index (χ0n) is 16.8. The summed E-state index contributed by atoms with van der Waals surface area (Å²) in [5.41, 5.74) is -0.338. The summed E-state index contributed by atoms with van der Waals surface area (Å²) in [5.74, 6) is -1.51. The molecule has 156 valence electrons. The third-order valence-corrected chi connectivity index (χ3v) is 5.64. The third kappa shape index (κ3) is 4.11. The average molecular weight is 401 g/mol. The van der Waals surface area contributed by atoms with Gasteiger partial charge in [-0.15, -0.1) is 0 Å². The molecule has 1 N–H and O–H groups in total. The molecule has 4 amide bonds. The lowest BCUT2D eigenvalue weighted by Gasteiger charge is -2.26. The molecule has 3 rings (SSSR count). The minimum absolute atomic E-state index is 0.334. The second-order valence-corrected chi connectivity index (χ2v) is 7.40. The monoisotopic (exact) mass is 401 g/mol. The van der Waals surface area contributed by atoms with Gasteiger partial charge >= 0.3 is 12.0 Å². The highest BCUT2D eigenvalue weighted by atomic mass is 16.5. The topological polar surface area (TPSA) is 96.0 Å². The molecule has 0 unspecified atom stereocenters. The minimum atomic E-state index is -1.12. The first-order valence-electron chi connectivity index (χ1n) is 10.1. The molecule has 8 heteroatoms. The molecule has 1 aliphatic heterocycles. The summed E-state index contributed by atoms with van der Waals surface area (Å²) in [6.45, 7) is 4.14. The molecule has 2 aliphatic rings. The molecule has 1 aromatic rings. The number of benzene rings is 1. The first-order chi connectivity index (χ1) is 13.9. The Balaban J connectivity index is 1.74. The summed E-state index contributed by atoms with van der Waals surface area (Å²) in [6.07, 6.45) is 1.76. The number of hydrogen-bond acceptors (Lipinski definition) is 5. The summed E-state index contributed by atoms with van der Waals surface area (Å²) >= 11 is 0. The van der Waals surface area contributed by atoms with Crippen molar-refractivity contribution < 1.29 is 23.9 Å². The van der Waals surface area contributed by atoms with Gasteiger partial charge in [-0.05, 0) is 26.7 Å². The van der Waals surface area contributed by atoms with E-state index < -0.39 is 30.2 Å². The van der Waals surface area contributed by atoms with Gasteiger partial charge in [-0.3, -0.25) is 19.3 Å². The van der Waals surface area contributed by atoms with E-state index >= 15 is 0 Å². The Morgan fingerprint density at radius 1 is 1.14 bits per heavy atom. The van der Waals surface area contributed by atoms with Crippen LogP contribution in [0.5, 0.6) is 0 Å². The highest BCUT2D eigenvalue weighted by Gasteiger charge is 2.53. The van der Waals surface area contributed by atoms with Crippen LogP contribution < -0.4 is 5.32 Å². The molecule has 1 heterocycles. The molecule has 2 fully saturated rings. The molecule has 1 spiro atoms. The molecule has 0 bridgehead atoms. The predicted octanol–water partition coefficient (Wildman–Crippen LogP) is 2.00. The smallest absolute Gasteiger partial charge is 0.327 e. The second-order valence-electron chi connectivity index (χ2n) is 7.40. The van der Waals surface area contributed by atoms with E-state index in [1.807, 2.05) is 13.8 Å². The lowest BCUT2D eigenvalue weighted by atomic mass is 9.98. The number of likely N-dealkylation sites (N-methyl/N-ethyl adjacent to an activating group) is 1. The van der Waals surface area contributed by atoms with Crippen molar-refractivity contribution in [2.24, 2.45) is 0 Å². The molecule has 1 saturated carbocycles. The standard InChI is InChI=1S/C21H27N3O5/c1-3-23(4-2)18(26)17(15-10-6-5-7-11-15)29-16(25)14-24-19(27)21(22-20(24)28)12-8-9-13-21/h5-7,10-11,17H,3-4,8-9,12-14H2,1-2H3,(H,22,28)/t17-/m0/s1. The van der Waals surface area contributed by atoms with Crippen LogP contribution in [0, 0.1) is 0 Å². The fraction of sp³-hybridized carbons (Fsp3) is 0.524. The van der Waals surface area contributed by atoms with E-state index in [0.29, 0.717) is 31.5 Å². The summed E-state index contributed by atoms with van der Waals surface area (Å²) in [4.78, 5) is 53.0. The Morgan fingerprint density at radius 2 is 1.76 bits per heavy atom. The van der Waals surface area contributed by atoms with Crippen LogP contribution in [0.1, 0.15) is 51.2 Å². The van der Waals surface area contributed by atoms with Crippen molar-refractivity contribution in [3.05, 3.63) is 35.9 Å². The number of urea groups is 1. The number of nitrogens with one attached hydrogen (secondary N) is 1. The molecule has 1 atom stereocenters. The number of hydrogen-bond donors (Lipinski definition) is 1. The normalized spacial score (nSPS) is 18.6. The Bertz CT molecular complexity index is 785. The van der Waals surface area contributed by atoms with Crippen LogP contribution in [-0.2, 0) is 19.1 Å². The van der Waals surface area contributed by atoms with E-state index in [1.165, 1.54) is 0 Å².